The van der Waals surface area contributed by atoms with E-state index in [1.54, 1.807) is 0 Å². The number of ether oxygens (including phenoxy) is 1. The van der Waals surface area contributed by atoms with Crippen molar-refractivity contribution >= 4 is 0 Å². The highest BCUT2D eigenvalue weighted by Crippen LogP contribution is 2.60. The zero-order chi connectivity index (χ0) is 19.3. The van der Waals surface area contributed by atoms with Gasteiger partial charge in [0.05, 0.1) is 5.60 Å². The molecule has 2 heteroatoms. The lowest BCUT2D eigenvalue weighted by Crippen LogP contribution is -2.56. The molecule has 2 nitrogen and oxygen atoms in total. The summed E-state index contributed by atoms with van der Waals surface area (Å²) in [6, 6.07) is 0. The van der Waals surface area contributed by atoms with Gasteiger partial charge in [-0.15, -0.1) is 0 Å². The Morgan fingerprint density at radius 1 is 1.04 bits per heavy atom. The van der Waals surface area contributed by atoms with Gasteiger partial charge in [-0.1, -0.05) is 62.3 Å². The molecule has 0 spiro atoms. The summed E-state index contributed by atoms with van der Waals surface area (Å²) in [5, 5.41) is 11.3. The molecule has 2 fully saturated rings. The lowest BCUT2D eigenvalue weighted by atomic mass is 9.51. The summed E-state index contributed by atoms with van der Waals surface area (Å²) in [6.07, 6.45) is 6.17. The fraction of sp³-hybridized carbons (Fsp3) is 1.00. The molecule has 0 amide bonds. The summed E-state index contributed by atoms with van der Waals surface area (Å²) >= 11 is 0. The van der Waals surface area contributed by atoms with E-state index in [0.717, 1.165) is 25.7 Å². The minimum absolute atomic E-state index is 0.152. The molecule has 1 N–H and O–H groups in total. The normalized spacial score (nSPS) is 38.6. The van der Waals surface area contributed by atoms with Crippen LogP contribution in [0.4, 0.5) is 0 Å². The SMILES string of the molecule is CC(C)CC(C)(C(C)C)C(O)OC12CC(C)CC(C)(CC(C)(C)C1)C2. The van der Waals surface area contributed by atoms with Gasteiger partial charge in [-0.3, -0.25) is 0 Å². The topological polar surface area (TPSA) is 29.5 Å². The molecule has 2 bridgehead atoms. The highest BCUT2D eigenvalue weighted by molar-refractivity contribution is 5.05. The number of hydrogen-bond donors (Lipinski definition) is 1. The summed E-state index contributed by atoms with van der Waals surface area (Å²) in [6.45, 7) is 20.8. The van der Waals surface area contributed by atoms with Crippen molar-refractivity contribution in [2.24, 2.45) is 34.0 Å². The first-order valence-electron chi connectivity index (χ1n) is 10.6. The number of aliphatic hydroxyl groups excluding tert-OH is 1. The summed E-state index contributed by atoms with van der Waals surface area (Å²) in [5.41, 5.74) is 0.298. The van der Waals surface area contributed by atoms with Crippen LogP contribution in [-0.4, -0.2) is 17.0 Å². The van der Waals surface area contributed by atoms with Crippen molar-refractivity contribution in [3.8, 4) is 0 Å². The average Bonchev–Trinajstić information content (AvgIpc) is 2.31. The van der Waals surface area contributed by atoms with Gasteiger partial charge in [0, 0.05) is 5.41 Å². The van der Waals surface area contributed by atoms with Crippen LogP contribution in [0.3, 0.4) is 0 Å². The van der Waals surface area contributed by atoms with Crippen molar-refractivity contribution in [2.45, 2.75) is 113 Å². The van der Waals surface area contributed by atoms with Gasteiger partial charge in [-0.2, -0.15) is 0 Å². The quantitative estimate of drug-likeness (QED) is 0.559. The maximum Gasteiger partial charge on any atom is 0.160 e. The second-order valence-corrected chi connectivity index (χ2v) is 11.9. The summed E-state index contributed by atoms with van der Waals surface area (Å²) < 4.78 is 6.70. The molecular weight excluding hydrogens is 308 g/mol. The third-order valence-electron chi connectivity index (χ3n) is 7.11. The van der Waals surface area contributed by atoms with Crippen LogP contribution in [0, 0.1) is 34.0 Å². The van der Waals surface area contributed by atoms with Crippen molar-refractivity contribution in [1.82, 2.24) is 0 Å². The van der Waals surface area contributed by atoms with Crippen LogP contribution in [0.25, 0.3) is 0 Å². The zero-order valence-electron chi connectivity index (χ0n) is 18.4. The molecule has 2 aliphatic carbocycles. The van der Waals surface area contributed by atoms with Gasteiger partial charge in [0.1, 0.15) is 0 Å². The van der Waals surface area contributed by atoms with Gasteiger partial charge in [0.15, 0.2) is 6.29 Å². The van der Waals surface area contributed by atoms with Crippen LogP contribution < -0.4 is 0 Å². The highest BCUT2D eigenvalue weighted by Gasteiger charge is 2.55. The number of rotatable bonds is 6. The Balaban J connectivity index is 2.28. The van der Waals surface area contributed by atoms with E-state index >= 15 is 0 Å². The van der Waals surface area contributed by atoms with Gasteiger partial charge in [-0.25, -0.2) is 0 Å². The van der Waals surface area contributed by atoms with Crippen LogP contribution >= 0.6 is 0 Å². The van der Waals surface area contributed by atoms with Crippen molar-refractivity contribution in [1.29, 1.82) is 0 Å². The van der Waals surface area contributed by atoms with E-state index in [2.05, 4.69) is 62.3 Å². The predicted molar refractivity (Wildman–Crippen MR) is 106 cm³/mol. The first-order valence-corrected chi connectivity index (χ1v) is 10.6. The first kappa shape index (κ1) is 21.2. The van der Waals surface area contributed by atoms with Crippen LogP contribution in [0.15, 0.2) is 0 Å². The Labute approximate surface area is 157 Å². The minimum atomic E-state index is -0.682. The first-order chi connectivity index (χ1) is 11.2. The van der Waals surface area contributed by atoms with Crippen LogP contribution in [0.5, 0.6) is 0 Å². The van der Waals surface area contributed by atoms with Gasteiger partial charge in [0.25, 0.3) is 0 Å². The predicted octanol–water partition coefficient (Wildman–Crippen LogP) is 6.41. The molecule has 0 saturated heterocycles. The monoisotopic (exact) mass is 352 g/mol. The molecule has 2 rings (SSSR count). The Hall–Kier alpha value is -0.0800. The van der Waals surface area contributed by atoms with E-state index < -0.39 is 6.29 Å². The Bertz CT molecular complexity index is 465. The average molecular weight is 353 g/mol. The van der Waals surface area contributed by atoms with E-state index in [-0.39, 0.29) is 11.0 Å². The third-order valence-corrected chi connectivity index (χ3v) is 7.11. The molecule has 0 heterocycles. The second kappa shape index (κ2) is 6.82. The highest BCUT2D eigenvalue weighted by atomic mass is 16.6. The third kappa shape index (κ3) is 4.61. The van der Waals surface area contributed by atoms with Gasteiger partial charge in [-0.05, 0) is 67.1 Å². The van der Waals surface area contributed by atoms with Gasteiger partial charge >= 0.3 is 0 Å². The van der Waals surface area contributed by atoms with E-state index in [1.165, 1.54) is 12.8 Å². The summed E-state index contributed by atoms with van der Waals surface area (Å²) in [5.74, 6) is 1.63. The molecule has 0 aromatic heterocycles. The summed E-state index contributed by atoms with van der Waals surface area (Å²) in [7, 11) is 0. The molecule has 0 aliphatic heterocycles. The fourth-order valence-electron chi connectivity index (χ4n) is 6.83. The Morgan fingerprint density at radius 2 is 1.64 bits per heavy atom. The van der Waals surface area contributed by atoms with Gasteiger partial charge < -0.3 is 9.84 Å². The van der Waals surface area contributed by atoms with Crippen molar-refractivity contribution in [3.63, 3.8) is 0 Å². The van der Waals surface area contributed by atoms with Crippen LogP contribution in [0.2, 0.25) is 0 Å². The summed E-state index contributed by atoms with van der Waals surface area (Å²) in [4.78, 5) is 0. The second-order valence-electron chi connectivity index (χ2n) is 11.9. The van der Waals surface area contributed by atoms with E-state index in [1.807, 2.05) is 0 Å². The lowest BCUT2D eigenvalue weighted by Gasteiger charge is -2.59. The van der Waals surface area contributed by atoms with E-state index in [0.29, 0.717) is 28.6 Å². The van der Waals surface area contributed by atoms with Crippen molar-refractivity contribution in [2.75, 3.05) is 0 Å². The molecule has 25 heavy (non-hydrogen) atoms. The standard InChI is InChI=1S/C23H44O2/c1-16(2)10-22(9,17(3)4)19(24)25-23-12-18(5)11-21(8,15-23)13-20(6,7)14-23/h16-19,24H,10-15H2,1-9H3. The molecule has 0 aromatic carbocycles. The lowest BCUT2D eigenvalue weighted by molar-refractivity contribution is -0.285. The van der Waals surface area contributed by atoms with Crippen LogP contribution in [-0.2, 0) is 4.74 Å². The van der Waals surface area contributed by atoms with Crippen LogP contribution in [0.1, 0.15) is 101 Å². The minimum Gasteiger partial charge on any atom is -0.367 e. The van der Waals surface area contributed by atoms with Crippen molar-refractivity contribution in [3.05, 3.63) is 0 Å². The van der Waals surface area contributed by atoms with E-state index in [4.69, 9.17) is 4.74 Å². The van der Waals surface area contributed by atoms with Crippen molar-refractivity contribution < 1.29 is 9.84 Å². The Kier molecular flexibility index (Phi) is 5.79. The van der Waals surface area contributed by atoms with E-state index in [9.17, 15) is 5.11 Å². The molecule has 2 aliphatic rings. The maximum atomic E-state index is 11.3. The zero-order valence-corrected chi connectivity index (χ0v) is 18.4. The molecular formula is C23H44O2. The fourth-order valence-corrected chi connectivity index (χ4v) is 6.83. The number of fused-ring (bicyclic) bond motifs is 2. The molecule has 5 unspecified atom stereocenters. The smallest absolute Gasteiger partial charge is 0.160 e. The Morgan fingerprint density at radius 3 is 2.16 bits per heavy atom. The molecule has 5 atom stereocenters. The molecule has 0 radical (unpaired) electrons. The molecule has 148 valence electrons. The molecule has 0 aromatic rings. The maximum absolute atomic E-state index is 11.3. The number of hydrogen-bond acceptors (Lipinski definition) is 2. The largest absolute Gasteiger partial charge is 0.367 e. The molecule has 2 saturated carbocycles. The number of aliphatic hydroxyl groups is 1. The van der Waals surface area contributed by atoms with Gasteiger partial charge in [0.2, 0.25) is 0 Å².